The Morgan fingerprint density at radius 3 is 2.45 bits per heavy atom. The first-order chi connectivity index (χ1) is 13.9. The molecule has 8 heteroatoms. The summed E-state index contributed by atoms with van der Waals surface area (Å²) >= 11 is 14.8. The van der Waals surface area contributed by atoms with Crippen molar-refractivity contribution in [3.05, 3.63) is 79.5 Å². The van der Waals surface area contributed by atoms with E-state index in [-0.39, 0.29) is 5.91 Å². The number of hydrogen-bond donors (Lipinski definition) is 0. The fraction of sp³-hybridized carbons (Fsp3) is 0.0952. The molecule has 1 amide bonds. The van der Waals surface area contributed by atoms with Crippen LogP contribution in [0.2, 0.25) is 8.67 Å². The maximum absolute atomic E-state index is 13.2. The van der Waals surface area contributed by atoms with Gasteiger partial charge < -0.3 is 0 Å². The highest BCUT2D eigenvalue weighted by Crippen LogP contribution is 2.35. The third-order valence-electron chi connectivity index (χ3n) is 4.19. The Bertz CT molecular complexity index is 1230. The molecule has 2 aromatic carbocycles. The second-order valence-electron chi connectivity index (χ2n) is 6.48. The Morgan fingerprint density at radius 2 is 1.76 bits per heavy atom. The minimum Gasteiger partial charge on any atom is -0.267 e. The Balaban J connectivity index is 1.77. The minimum atomic E-state index is -0.378. The summed E-state index contributed by atoms with van der Waals surface area (Å²) in [6.45, 7) is 4.03. The molecule has 0 aliphatic rings. The molecular weight excluding hydrogens is 445 g/mol. The number of thiazole rings is 1. The molecule has 0 spiro atoms. The summed E-state index contributed by atoms with van der Waals surface area (Å²) < 4.78 is 1.76. The normalized spacial score (nSPS) is 11.4. The molecule has 0 saturated heterocycles. The zero-order valence-electron chi connectivity index (χ0n) is 15.5. The number of aryl methyl sites for hydroxylation is 2. The molecule has 4 rings (SSSR count). The number of carbonyl (C=O) groups is 1. The highest BCUT2D eigenvalue weighted by molar-refractivity contribution is 7.22. The van der Waals surface area contributed by atoms with Crippen molar-refractivity contribution in [2.45, 2.75) is 13.8 Å². The molecular formula is C21H15Cl2N3OS2. The van der Waals surface area contributed by atoms with Crippen LogP contribution in [-0.4, -0.2) is 17.1 Å². The van der Waals surface area contributed by atoms with Crippen LogP contribution in [0.25, 0.3) is 10.2 Å². The number of hydrogen-bond acceptors (Lipinski definition) is 5. The number of benzene rings is 2. The van der Waals surface area contributed by atoms with Crippen LogP contribution in [0.5, 0.6) is 0 Å². The lowest BCUT2D eigenvalue weighted by molar-refractivity contribution is 0.0988. The molecule has 0 aliphatic carbocycles. The van der Waals surface area contributed by atoms with Crippen LogP contribution in [0.15, 0.2) is 53.6 Å². The van der Waals surface area contributed by atoms with E-state index in [9.17, 15) is 4.79 Å². The topological polar surface area (TPSA) is 45.6 Å². The van der Waals surface area contributed by atoms with E-state index in [1.165, 1.54) is 16.3 Å². The molecule has 0 saturated carbocycles. The van der Waals surface area contributed by atoms with Crippen molar-refractivity contribution in [2.75, 3.05) is 5.01 Å². The fourth-order valence-corrected chi connectivity index (χ4v) is 5.14. The van der Waals surface area contributed by atoms with Crippen LogP contribution >= 0.6 is 45.9 Å². The highest BCUT2D eigenvalue weighted by Gasteiger charge is 2.24. The van der Waals surface area contributed by atoms with Crippen molar-refractivity contribution < 1.29 is 4.79 Å². The molecule has 0 bridgehead atoms. The number of nitrogens with zero attached hydrogens (tertiary/aromatic N) is 3. The van der Waals surface area contributed by atoms with Gasteiger partial charge in [-0.3, -0.25) is 4.79 Å². The minimum absolute atomic E-state index is 0.304. The predicted octanol–water partition coefficient (Wildman–Crippen LogP) is 6.96. The zero-order chi connectivity index (χ0) is 20.5. The van der Waals surface area contributed by atoms with Gasteiger partial charge in [-0.15, -0.1) is 11.3 Å². The Hall–Kier alpha value is -2.25. The average Bonchev–Trinajstić information content (AvgIpc) is 3.25. The summed E-state index contributed by atoms with van der Waals surface area (Å²) in [6, 6.07) is 15.4. The molecule has 146 valence electrons. The third-order valence-corrected chi connectivity index (χ3v) is 6.67. The number of rotatable bonds is 4. The largest absolute Gasteiger partial charge is 0.283 e. The Morgan fingerprint density at radius 1 is 1.03 bits per heavy atom. The molecule has 0 fully saturated rings. The lowest BCUT2D eigenvalue weighted by atomic mass is 10.2. The summed E-state index contributed by atoms with van der Waals surface area (Å²) in [5, 5.41) is 6.20. The fourth-order valence-electron chi connectivity index (χ4n) is 2.68. The van der Waals surface area contributed by atoms with Gasteiger partial charge in [0.05, 0.1) is 26.3 Å². The van der Waals surface area contributed by atoms with Crippen molar-refractivity contribution in [3.63, 3.8) is 0 Å². The van der Waals surface area contributed by atoms with Gasteiger partial charge in [0.25, 0.3) is 5.91 Å². The lowest BCUT2D eigenvalue weighted by Crippen LogP contribution is -2.25. The van der Waals surface area contributed by atoms with E-state index in [1.54, 1.807) is 12.3 Å². The molecule has 0 radical (unpaired) electrons. The van der Waals surface area contributed by atoms with Gasteiger partial charge in [0.2, 0.25) is 5.13 Å². The van der Waals surface area contributed by atoms with Crippen molar-refractivity contribution in [2.24, 2.45) is 5.10 Å². The van der Waals surface area contributed by atoms with Gasteiger partial charge in [0.1, 0.15) is 4.34 Å². The zero-order valence-corrected chi connectivity index (χ0v) is 18.7. The smallest absolute Gasteiger partial charge is 0.267 e. The van der Waals surface area contributed by atoms with Gasteiger partial charge in [-0.25, -0.2) is 4.98 Å². The molecule has 2 aromatic heterocycles. The number of aromatic nitrogens is 1. The van der Waals surface area contributed by atoms with Gasteiger partial charge in [0.15, 0.2) is 0 Å². The van der Waals surface area contributed by atoms with E-state index in [1.807, 2.05) is 56.3 Å². The van der Waals surface area contributed by atoms with Gasteiger partial charge in [0, 0.05) is 0 Å². The summed E-state index contributed by atoms with van der Waals surface area (Å²) in [5.41, 5.74) is 4.27. The number of halogens is 2. The number of amides is 1. The van der Waals surface area contributed by atoms with Crippen molar-refractivity contribution >= 4 is 73.3 Å². The van der Waals surface area contributed by atoms with Gasteiger partial charge >= 0.3 is 0 Å². The first-order valence-electron chi connectivity index (χ1n) is 8.68. The first-order valence-corrected chi connectivity index (χ1v) is 11.1. The summed E-state index contributed by atoms with van der Waals surface area (Å²) in [5.74, 6) is -0.378. The maximum atomic E-state index is 13.2. The molecule has 29 heavy (non-hydrogen) atoms. The molecule has 0 atom stereocenters. The second-order valence-corrected chi connectivity index (χ2v) is 9.77. The van der Waals surface area contributed by atoms with Crippen LogP contribution in [0.3, 0.4) is 0 Å². The SMILES string of the molecule is Cc1ccc(/C=N/N(C(=O)c2cc(Cl)sc2Cl)c2nc3ccc(C)cc3s2)cc1. The van der Waals surface area contributed by atoms with Gasteiger partial charge in [-0.2, -0.15) is 10.1 Å². The number of carbonyl (C=O) groups excluding carboxylic acids is 1. The third kappa shape index (κ3) is 4.36. The van der Waals surface area contributed by atoms with Crippen LogP contribution in [0.4, 0.5) is 5.13 Å². The van der Waals surface area contributed by atoms with Crippen molar-refractivity contribution in [1.82, 2.24) is 4.98 Å². The molecule has 0 unspecified atom stereocenters. The first kappa shape index (κ1) is 20.0. The summed E-state index contributed by atoms with van der Waals surface area (Å²) in [7, 11) is 0. The quantitative estimate of drug-likeness (QED) is 0.244. The van der Waals surface area contributed by atoms with E-state index in [4.69, 9.17) is 23.2 Å². The molecule has 4 nitrogen and oxygen atoms in total. The monoisotopic (exact) mass is 459 g/mol. The summed E-state index contributed by atoms with van der Waals surface area (Å²) in [4.78, 5) is 17.8. The molecule has 2 heterocycles. The predicted molar refractivity (Wildman–Crippen MR) is 124 cm³/mol. The van der Waals surface area contributed by atoms with Crippen LogP contribution in [-0.2, 0) is 0 Å². The van der Waals surface area contributed by atoms with E-state index < -0.39 is 0 Å². The number of thiophene rings is 1. The lowest BCUT2D eigenvalue weighted by Gasteiger charge is -2.13. The van der Waals surface area contributed by atoms with E-state index in [2.05, 4.69) is 10.1 Å². The summed E-state index contributed by atoms with van der Waals surface area (Å²) in [6.07, 6.45) is 1.64. The highest BCUT2D eigenvalue weighted by atomic mass is 35.5. The van der Waals surface area contributed by atoms with E-state index >= 15 is 0 Å². The molecule has 4 aromatic rings. The average molecular weight is 460 g/mol. The second kappa shape index (κ2) is 8.24. The number of fused-ring (bicyclic) bond motifs is 1. The van der Waals surface area contributed by atoms with Crippen molar-refractivity contribution in [1.29, 1.82) is 0 Å². The Labute approximate surface area is 186 Å². The van der Waals surface area contributed by atoms with Crippen molar-refractivity contribution in [3.8, 4) is 0 Å². The Kier molecular flexibility index (Phi) is 5.69. The molecule has 0 aliphatic heterocycles. The number of hydrazone groups is 1. The number of anilines is 1. The van der Waals surface area contributed by atoms with Crippen LogP contribution < -0.4 is 5.01 Å². The van der Waals surface area contributed by atoms with Crippen LogP contribution in [0.1, 0.15) is 27.0 Å². The maximum Gasteiger partial charge on any atom is 0.283 e. The van der Waals surface area contributed by atoms with Gasteiger partial charge in [-0.05, 0) is 43.2 Å². The van der Waals surface area contributed by atoms with Gasteiger partial charge in [-0.1, -0.05) is 70.4 Å². The van der Waals surface area contributed by atoms with E-state index in [0.29, 0.717) is 19.4 Å². The van der Waals surface area contributed by atoms with E-state index in [0.717, 1.165) is 38.2 Å². The van der Waals surface area contributed by atoms with Crippen LogP contribution in [0, 0.1) is 13.8 Å². The molecule has 0 N–H and O–H groups in total. The standard InChI is InChI=1S/C21H15Cl2N3OS2/c1-12-3-6-14(7-4-12)11-24-26(20(27)15-10-18(22)29-19(15)23)21-25-16-8-5-13(2)9-17(16)28-21/h3-11H,1-2H3/b24-11+.